The van der Waals surface area contributed by atoms with Crippen molar-refractivity contribution in [2.75, 3.05) is 13.7 Å². The van der Waals surface area contributed by atoms with Crippen LogP contribution in [0.2, 0.25) is 0 Å². The van der Waals surface area contributed by atoms with Gasteiger partial charge in [-0.3, -0.25) is 0 Å². The number of methoxy groups -OCH3 is 1. The maximum absolute atomic E-state index is 11.3. The van der Waals surface area contributed by atoms with Crippen molar-refractivity contribution in [3.8, 4) is 5.75 Å². The molecule has 0 heterocycles. The van der Waals surface area contributed by atoms with Crippen LogP contribution in [0.15, 0.2) is 30.9 Å². The SMILES string of the molecule is C=CCOc1cc(CO)cc(C(=O)OC)c1. The van der Waals surface area contributed by atoms with Gasteiger partial charge < -0.3 is 14.6 Å². The largest absolute Gasteiger partial charge is 0.490 e. The highest BCUT2D eigenvalue weighted by Gasteiger charge is 2.09. The first-order valence-electron chi connectivity index (χ1n) is 4.78. The van der Waals surface area contributed by atoms with Crippen molar-refractivity contribution in [2.24, 2.45) is 0 Å². The Bertz CT molecular complexity index is 385. The van der Waals surface area contributed by atoms with Crippen molar-refractivity contribution in [3.63, 3.8) is 0 Å². The fraction of sp³-hybridized carbons (Fsp3) is 0.250. The van der Waals surface area contributed by atoms with Crippen LogP contribution in [0.1, 0.15) is 15.9 Å². The molecule has 4 heteroatoms. The molecule has 0 aliphatic heterocycles. The van der Waals surface area contributed by atoms with E-state index in [1.54, 1.807) is 24.3 Å². The average Bonchev–Trinajstić information content (AvgIpc) is 2.34. The van der Waals surface area contributed by atoms with Crippen molar-refractivity contribution >= 4 is 5.97 Å². The minimum absolute atomic E-state index is 0.157. The molecular weight excluding hydrogens is 208 g/mol. The normalized spacial score (nSPS) is 9.62. The molecule has 1 N–H and O–H groups in total. The molecule has 0 radical (unpaired) electrons. The molecular formula is C12H14O4. The maximum Gasteiger partial charge on any atom is 0.337 e. The number of hydrogen-bond donors (Lipinski definition) is 1. The zero-order chi connectivity index (χ0) is 12.0. The summed E-state index contributed by atoms with van der Waals surface area (Å²) in [6, 6.07) is 4.79. The van der Waals surface area contributed by atoms with Crippen molar-refractivity contribution in [1.29, 1.82) is 0 Å². The summed E-state index contributed by atoms with van der Waals surface area (Å²) in [7, 11) is 1.30. The lowest BCUT2D eigenvalue weighted by Gasteiger charge is -2.07. The second-order valence-electron chi connectivity index (χ2n) is 3.12. The van der Waals surface area contributed by atoms with Crippen LogP contribution in [0.5, 0.6) is 5.75 Å². The van der Waals surface area contributed by atoms with Gasteiger partial charge in [0.1, 0.15) is 12.4 Å². The first-order valence-corrected chi connectivity index (χ1v) is 4.78. The summed E-state index contributed by atoms with van der Waals surface area (Å²) in [4.78, 5) is 11.3. The van der Waals surface area contributed by atoms with Crippen molar-refractivity contribution < 1.29 is 19.4 Å². The van der Waals surface area contributed by atoms with E-state index in [9.17, 15) is 4.79 Å². The Hall–Kier alpha value is -1.81. The van der Waals surface area contributed by atoms with Gasteiger partial charge in [-0.05, 0) is 23.8 Å². The maximum atomic E-state index is 11.3. The molecule has 0 spiro atoms. The van der Waals surface area contributed by atoms with Gasteiger partial charge in [-0.2, -0.15) is 0 Å². The van der Waals surface area contributed by atoms with Gasteiger partial charge in [-0.15, -0.1) is 0 Å². The van der Waals surface area contributed by atoms with E-state index in [-0.39, 0.29) is 6.61 Å². The summed E-state index contributed by atoms with van der Waals surface area (Å²) in [5.41, 5.74) is 0.954. The van der Waals surface area contributed by atoms with Gasteiger partial charge >= 0.3 is 5.97 Å². The monoisotopic (exact) mass is 222 g/mol. The third-order valence-electron chi connectivity index (χ3n) is 1.94. The third-order valence-corrected chi connectivity index (χ3v) is 1.94. The van der Waals surface area contributed by atoms with Crippen LogP contribution < -0.4 is 4.74 Å². The zero-order valence-electron chi connectivity index (χ0n) is 9.10. The Labute approximate surface area is 94.1 Å². The average molecular weight is 222 g/mol. The number of benzene rings is 1. The smallest absolute Gasteiger partial charge is 0.337 e. The molecule has 0 fully saturated rings. The van der Waals surface area contributed by atoms with E-state index in [1.807, 2.05) is 0 Å². The van der Waals surface area contributed by atoms with E-state index in [0.717, 1.165) is 0 Å². The Morgan fingerprint density at radius 2 is 2.25 bits per heavy atom. The predicted molar refractivity (Wildman–Crippen MR) is 59.4 cm³/mol. The van der Waals surface area contributed by atoms with E-state index in [2.05, 4.69) is 11.3 Å². The highest BCUT2D eigenvalue weighted by Crippen LogP contribution is 2.18. The van der Waals surface area contributed by atoms with Crippen LogP contribution in [0.3, 0.4) is 0 Å². The molecule has 0 saturated carbocycles. The van der Waals surface area contributed by atoms with Gasteiger partial charge in [0.15, 0.2) is 0 Å². The summed E-state index contributed by atoms with van der Waals surface area (Å²) in [6.07, 6.45) is 1.60. The molecule has 1 aromatic rings. The molecule has 0 atom stereocenters. The molecule has 0 aliphatic carbocycles. The van der Waals surface area contributed by atoms with E-state index in [1.165, 1.54) is 7.11 Å². The standard InChI is InChI=1S/C12H14O4/c1-3-4-16-11-6-9(8-13)5-10(7-11)12(14)15-2/h3,5-7,13H,1,4,8H2,2H3. The lowest BCUT2D eigenvalue weighted by molar-refractivity contribution is 0.0600. The van der Waals surface area contributed by atoms with Gasteiger partial charge in [0, 0.05) is 0 Å². The van der Waals surface area contributed by atoms with Gasteiger partial charge in [-0.25, -0.2) is 4.79 Å². The topological polar surface area (TPSA) is 55.8 Å². The molecule has 0 amide bonds. The van der Waals surface area contributed by atoms with Crippen LogP contribution >= 0.6 is 0 Å². The summed E-state index contributed by atoms with van der Waals surface area (Å²) in [5, 5.41) is 9.04. The number of rotatable bonds is 5. The second-order valence-corrected chi connectivity index (χ2v) is 3.12. The number of ether oxygens (including phenoxy) is 2. The summed E-state index contributed by atoms with van der Waals surface area (Å²) < 4.78 is 9.89. The quantitative estimate of drug-likeness (QED) is 0.606. The number of hydrogen-bond acceptors (Lipinski definition) is 4. The van der Waals surface area contributed by atoms with Crippen LogP contribution in [0.4, 0.5) is 0 Å². The Balaban J connectivity index is 3.00. The van der Waals surface area contributed by atoms with Crippen molar-refractivity contribution in [2.45, 2.75) is 6.61 Å². The molecule has 1 rings (SSSR count). The number of carbonyl (C=O) groups excluding carboxylic acids is 1. The van der Waals surface area contributed by atoms with Gasteiger partial charge in [-0.1, -0.05) is 12.7 Å². The van der Waals surface area contributed by atoms with Crippen LogP contribution in [0, 0.1) is 0 Å². The minimum Gasteiger partial charge on any atom is -0.490 e. The Morgan fingerprint density at radius 1 is 1.50 bits per heavy atom. The first-order chi connectivity index (χ1) is 7.71. The van der Waals surface area contributed by atoms with Crippen molar-refractivity contribution in [1.82, 2.24) is 0 Å². The highest BCUT2D eigenvalue weighted by atomic mass is 16.5. The molecule has 0 aromatic heterocycles. The van der Waals surface area contributed by atoms with E-state index in [0.29, 0.717) is 23.5 Å². The number of carbonyl (C=O) groups is 1. The summed E-state index contributed by atoms with van der Waals surface area (Å²) in [5.74, 6) is 0.0469. The van der Waals surface area contributed by atoms with E-state index < -0.39 is 5.97 Å². The second kappa shape index (κ2) is 5.92. The first kappa shape index (κ1) is 12.3. The van der Waals surface area contributed by atoms with Crippen LogP contribution in [0.25, 0.3) is 0 Å². The van der Waals surface area contributed by atoms with Gasteiger partial charge in [0.05, 0.1) is 19.3 Å². The van der Waals surface area contributed by atoms with Crippen LogP contribution in [-0.2, 0) is 11.3 Å². The van der Waals surface area contributed by atoms with Gasteiger partial charge in [0.2, 0.25) is 0 Å². The fourth-order valence-corrected chi connectivity index (χ4v) is 1.23. The minimum atomic E-state index is -0.459. The van der Waals surface area contributed by atoms with E-state index >= 15 is 0 Å². The highest BCUT2D eigenvalue weighted by molar-refractivity contribution is 5.90. The lowest BCUT2D eigenvalue weighted by Crippen LogP contribution is -2.04. The van der Waals surface area contributed by atoms with Crippen molar-refractivity contribution in [3.05, 3.63) is 42.0 Å². The number of esters is 1. The van der Waals surface area contributed by atoms with Crippen LogP contribution in [-0.4, -0.2) is 24.8 Å². The molecule has 0 aliphatic rings. The molecule has 4 nitrogen and oxygen atoms in total. The molecule has 1 aromatic carbocycles. The molecule has 0 saturated heterocycles. The summed E-state index contributed by atoms with van der Waals surface area (Å²) >= 11 is 0. The molecule has 0 unspecified atom stereocenters. The number of aliphatic hydroxyl groups excluding tert-OH is 1. The van der Waals surface area contributed by atoms with E-state index in [4.69, 9.17) is 9.84 Å². The third kappa shape index (κ3) is 3.10. The molecule has 16 heavy (non-hydrogen) atoms. The number of aliphatic hydroxyl groups is 1. The molecule has 86 valence electrons. The molecule has 0 bridgehead atoms. The lowest BCUT2D eigenvalue weighted by atomic mass is 10.1. The zero-order valence-corrected chi connectivity index (χ0v) is 9.10. The predicted octanol–water partition coefficient (Wildman–Crippen LogP) is 1.53. The summed E-state index contributed by atoms with van der Waals surface area (Å²) in [6.45, 7) is 3.71. The Morgan fingerprint density at radius 3 is 2.81 bits per heavy atom. The Kier molecular flexibility index (Phi) is 4.54. The fourth-order valence-electron chi connectivity index (χ4n) is 1.23. The van der Waals surface area contributed by atoms with Gasteiger partial charge in [0.25, 0.3) is 0 Å².